The van der Waals surface area contributed by atoms with Gasteiger partial charge in [-0.1, -0.05) is 37.6 Å². The van der Waals surface area contributed by atoms with Crippen molar-refractivity contribution in [2.45, 2.75) is 34.1 Å². The third kappa shape index (κ3) is 3.18. The van der Waals surface area contributed by atoms with Gasteiger partial charge in [0.1, 0.15) is 5.82 Å². The summed E-state index contributed by atoms with van der Waals surface area (Å²) in [4.78, 5) is 9.12. The normalized spacial score (nSPS) is 11.1. The molecule has 0 aliphatic heterocycles. The summed E-state index contributed by atoms with van der Waals surface area (Å²) in [6.45, 7) is 8.49. The van der Waals surface area contributed by atoms with Crippen molar-refractivity contribution in [3.05, 3.63) is 39.5 Å². The standard InChI is InChI=1S/C16H20BrN3/c1-9(2)7-13-14(17)15(18)20-16(19-13)12-6-5-10(3)8-11(12)4/h5-6,8-9H,7H2,1-4H3,(H2,18,19,20). The Morgan fingerprint density at radius 1 is 1.20 bits per heavy atom. The largest absolute Gasteiger partial charge is 0.383 e. The minimum Gasteiger partial charge on any atom is -0.383 e. The van der Waals surface area contributed by atoms with Crippen LogP contribution in [0.25, 0.3) is 11.4 Å². The van der Waals surface area contributed by atoms with E-state index in [1.54, 1.807) is 0 Å². The topological polar surface area (TPSA) is 51.8 Å². The van der Waals surface area contributed by atoms with Gasteiger partial charge in [-0.15, -0.1) is 0 Å². The molecule has 1 aromatic heterocycles. The Kier molecular flexibility index (Phi) is 4.43. The molecule has 4 heteroatoms. The average molecular weight is 334 g/mol. The van der Waals surface area contributed by atoms with E-state index in [4.69, 9.17) is 10.7 Å². The van der Waals surface area contributed by atoms with Gasteiger partial charge < -0.3 is 5.73 Å². The van der Waals surface area contributed by atoms with Gasteiger partial charge in [0.25, 0.3) is 0 Å². The van der Waals surface area contributed by atoms with E-state index in [9.17, 15) is 0 Å². The molecule has 0 aliphatic rings. The van der Waals surface area contributed by atoms with Crippen molar-refractivity contribution in [2.75, 3.05) is 5.73 Å². The van der Waals surface area contributed by atoms with Crippen molar-refractivity contribution in [2.24, 2.45) is 5.92 Å². The molecule has 0 saturated carbocycles. The Bertz CT molecular complexity index is 636. The Balaban J connectivity index is 2.54. The van der Waals surface area contributed by atoms with Gasteiger partial charge in [-0.3, -0.25) is 0 Å². The average Bonchev–Trinajstić information content (AvgIpc) is 2.34. The Morgan fingerprint density at radius 2 is 1.90 bits per heavy atom. The maximum absolute atomic E-state index is 6.02. The SMILES string of the molecule is Cc1ccc(-c2nc(N)c(Br)c(CC(C)C)n2)c(C)c1. The number of hydrogen-bond donors (Lipinski definition) is 1. The summed E-state index contributed by atoms with van der Waals surface area (Å²) in [5, 5.41) is 0. The number of nitrogens with zero attached hydrogens (tertiary/aromatic N) is 2. The summed E-state index contributed by atoms with van der Waals surface area (Å²) in [6, 6.07) is 6.28. The van der Waals surface area contributed by atoms with Gasteiger partial charge in [-0.2, -0.15) is 0 Å². The lowest BCUT2D eigenvalue weighted by Gasteiger charge is -2.12. The minimum absolute atomic E-state index is 0.505. The van der Waals surface area contributed by atoms with E-state index in [0.717, 1.165) is 22.2 Å². The predicted molar refractivity (Wildman–Crippen MR) is 87.6 cm³/mol. The lowest BCUT2D eigenvalue weighted by Crippen LogP contribution is -2.06. The van der Waals surface area contributed by atoms with Crippen molar-refractivity contribution in [3.8, 4) is 11.4 Å². The zero-order valence-corrected chi connectivity index (χ0v) is 14.0. The minimum atomic E-state index is 0.505. The number of benzene rings is 1. The van der Waals surface area contributed by atoms with Crippen molar-refractivity contribution >= 4 is 21.7 Å². The summed E-state index contributed by atoms with van der Waals surface area (Å²) in [6.07, 6.45) is 0.880. The van der Waals surface area contributed by atoms with E-state index in [-0.39, 0.29) is 0 Å². The van der Waals surface area contributed by atoms with Gasteiger partial charge in [-0.05, 0) is 47.7 Å². The molecule has 20 heavy (non-hydrogen) atoms. The smallest absolute Gasteiger partial charge is 0.162 e. The first-order chi connectivity index (χ1) is 9.38. The maximum atomic E-state index is 6.02. The Labute approximate surface area is 128 Å². The highest BCUT2D eigenvalue weighted by Crippen LogP contribution is 2.28. The number of nitrogen functional groups attached to an aromatic ring is 1. The lowest BCUT2D eigenvalue weighted by atomic mass is 10.0. The first-order valence-corrected chi connectivity index (χ1v) is 7.57. The Morgan fingerprint density at radius 3 is 2.50 bits per heavy atom. The maximum Gasteiger partial charge on any atom is 0.162 e. The predicted octanol–water partition coefficient (Wildman–Crippen LogP) is 4.30. The van der Waals surface area contributed by atoms with Crippen LogP contribution in [0.3, 0.4) is 0 Å². The third-order valence-electron chi connectivity index (χ3n) is 3.17. The molecule has 3 nitrogen and oxygen atoms in total. The highest BCUT2D eigenvalue weighted by molar-refractivity contribution is 9.10. The van der Waals surface area contributed by atoms with Gasteiger partial charge in [0.15, 0.2) is 5.82 Å². The van der Waals surface area contributed by atoms with Crippen LogP contribution in [0.15, 0.2) is 22.7 Å². The van der Waals surface area contributed by atoms with Crippen molar-refractivity contribution in [1.82, 2.24) is 9.97 Å². The van der Waals surface area contributed by atoms with Crippen molar-refractivity contribution in [1.29, 1.82) is 0 Å². The molecule has 0 amide bonds. The van der Waals surface area contributed by atoms with Crippen molar-refractivity contribution in [3.63, 3.8) is 0 Å². The van der Waals surface area contributed by atoms with Gasteiger partial charge in [0.2, 0.25) is 0 Å². The fraction of sp³-hybridized carbons (Fsp3) is 0.375. The second kappa shape index (κ2) is 5.92. The van der Waals surface area contributed by atoms with E-state index < -0.39 is 0 Å². The number of hydrogen-bond acceptors (Lipinski definition) is 3. The summed E-state index contributed by atoms with van der Waals surface area (Å²) in [5.41, 5.74) is 10.4. The van der Waals surface area contributed by atoms with Crippen LogP contribution in [0.5, 0.6) is 0 Å². The highest BCUT2D eigenvalue weighted by atomic mass is 79.9. The zero-order chi connectivity index (χ0) is 14.9. The van der Waals surface area contributed by atoms with Crippen LogP contribution in [0.2, 0.25) is 0 Å². The van der Waals surface area contributed by atoms with Crippen LogP contribution in [0.1, 0.15) is 30.7 Å². The first kappa shape index (κ1) is 15.0. The number of nitrogens with two attached hydrogens (primary N) is 1. The lowest BCUT2D eigenvalue weighted by molar-refractivity contribution is 0.633. The summed E-state index contributed by atoms with van der Waals surface area (Å²) in [5.74, 6) is 1.73. The van der Waals surface area contributed by atoms with Gasteiger partial charge in [-0.25, -0.2) is 9.97 Å². The van der Waals surface area contributed by atoms with Crippen molar-refractivity contribution < 1.29 is 0 Å². The van der Waals surface area contributed by atoms with Crippen LogP contribution in [-0.4, -0.2) is 9.97 Å². The number of aromatic nitrogens is 2. The number of rotatable bonds is 3. The van der Waals surface area contributed by atoms with Crippen LogP contribution in [-0.2, 0) is 6.42 Å². The molecule has 1 heterocycles. The number of halogens is 1. The van der Waals surface area contributed by atoms with E-state index >= 15 is 0 Å². The highest BCUT2D eigenvalue weighted by Gasteiger charge is 2.14. The van der Waals surface area contributed by atoms with Gasteiger partial charge >= 0.3 is 0 Å². The Hall–Kier alpha value is -1.42. The molecule has 0 saturated heterocycles. The molecular weight excluding hydrogens is 314 g/mol. The van der Waals surface area contributed by atoms with Crippen LogP contribution in [0.4, 0.5) is 5.82 Å². The summed E-state index contributed by atoms with van der Waals surface area (Å²) in [7, 11) is 0. The van der Waals surface area contributed by atoms with E-state index in [1.165, 1.54) is 11.1 Å². The molecule has 0 spiro atoms. The molecule has 0 unspecified atom stereocenters. The molecular formula is C16H20BrN3. The van der Waals surface area contributed by atoms with Gasteiger partial charge in [0, 0.05) is 5.56 Å². The molecule has 2 rings (SSSR count). The first-order valence-electron chi connectivity index (χ1n) is 6.78. The van der Waals surface area contributed by atoms with Gasteiger partial charge in [0.05, 0.1) is 10.2 Å². The summed E-state index contributed by atoms with van der Waals surface area (Å²) < 4.78 is 0.819. The number of aryl methyl sites for hydroxylation is 2. The number of anilines is 1. The summed E-state index contributed by atoms with van der Waals surface area (Å²) >= 11 is 3.50. The molecule has 0 radical (unpaired) electrons. The van der Waals surface area contributed by atoms with E-state index in [1.807, 2.05) is 0 Å². The monoisotopic (exact) mass is 333 g/mol. The molecule has 2 aromatic rings. The van der Waals surface area contributed by atoms with E-state index in [0.29, 0.717) is 17.6 Å². The van der Waals surface area contributed by atoms with E-state index in [2.05, 4.69) is 66.8 Å². The fourth-order valence-electron chi connectivity index (χ4n) is 2.22. The second-order valence-electron chi connectivity index (χ2n) is 5.61. The molecule has 0 aliphatic carbocycles. The molecule has 2 N–H and O–H groups in total. The second-order valence-corrected chi connectivity index (χ2v) is 6.40. The molecule has 0 fully saturated rings. The van der Waals surface area contributed by atoms with Crippen LogP contribution >= 0.6 is 15.9 Å². The van der Waals surface area contributed by atoms with Crippen LogP contribution in [0, 0.1) is 19.8 Å². The molecule has 0 atom stereocenters. The third-order valence-corrected chi connectivity index (χ3v) is 4.03. The molecule has 0 bridgehead atoms. The fourth-order valence-corrected chi connectivity index (χ4v) is 2.56. The zero-order valence-electron chi connectivity index (χ0n) is 12.4. The van der Waals surface area contributed by atoms with Crippen LogP contribution < -0.4 is 5.73 Å². The molecule has 1 aromatic carbocycles. The molecule has 106 valence electrons. The quantitative estimate of drug-likeness (QED) is 0.910.